The second-order valence-electron chi connectivity index (χ2n) is 5.42. The van der Waals surface area contributed by atoms with Gasteiger partial charge in [0.1, 0.15) is 0 Å². The molecule has 0 aromatic heterocycles. The highest BCUT2D eigenvalue weighted by molar-refractivity contribution is 5.55. The van der Waals surface area contributed by atoms with Gasteiger partial charge in [-0.1, -0.05) is 18.2 Å². The van der Waals surface area contributed by atoms with Gasteiger partial charge < -0.3 is 14.8 Å². The second kappa shape index (κ2) is 6.08. The van der Waals surface area contributed by atoms with Crippen molar-refractivity contribution in [3.05, 3.63) is 53.1 Å². The van der Waals surface area contributed by atoms with E-state index in [1.807, 2.05) is 18.2 Å². The first-order chi connectivity index (χ1) is 10.2. The van der Waals surface area contributed by atoms with Crippen molar-refractivity contribution in [3.63, 3.8) is 0 Å². The Bertz CT molecular complexity index is 637. The van der Waals surface area contributed by atoms with Crippen LogP contribution in [0.25, 0.3) is 0 Å². The minimum absolute atomic E-state index is 0.716. The quantitative estimate of drug-likeness (QED) is 0.920. The minimum Gasteiger partial charge on any atom is -0.490 e. The summed E-state index contributed by atoms with van der Waals surface area (Å²) in [6.07, 6.45) is 0.930. The molecule has 1 N–H and O–H groups in total. The zero-order valence-electron chi connectivity index (χ0n) is 12.6. The molecule has 3 heteroatoms. The predicted molar refractivity (Wildman–Crippen MR) is 85.3 cm³/mol. The Morgan fingerprint density at radius 2 is 1.81 bits per heavy atom. The Balaban J connectivity index is 1.73. The van der Waals surface area contributed by atoms with Gasteiger partial charge in [-0.25, -0.2) is 0 Å². The molecule has 2 aromatic rings. The lowest BCUT2D eigenvalue weighted by atomic mass is 10.0. The van der Waals surface area contributed by atoms with Crippen molar-refractivity contribution in [1.82, 2.24) is 0 Å². The monoisotopic (exact) mass is 283 g/mol. The summed E-state index contributed by atoms with van der Waals surface area (Å²) >= 11 is 0. The first-order valence-electron chi connectivity index (χ1n) is 7.42. The van der Waals surface area contributed by atoms with Gasteiger partial charge in [-0.15, -0.1) is 0 Å². The van der Waals surface area contributed by atoms with Gasteiger partial charge in [0.2, 0.25) is 0 Å². The Kier molecular flexibility index (Phi) is 4.00. The molecule has 0 saturated carbocycles. The molecular formula is C18H21NO2. The summed E-state index contributed by atoms with van der Waals surface area (Å²) in [6.45, 7) is 6.57. The van der Waals surface area contributed by atoms with Crippen molar-refractivity contribution in [2.75, 3.05) is 18.5 Å². The Morgan fingerprint density at radius 3 is 2.67 bits per heavy atom. The number of benzene rings is 2. The van der Waals surface area contributed by atoms with E-state index < -0.39 is 0 Å². The number of fused-ring (bicyclic) bond motifs is 1. The third kappa shape index (κ3) is 3.13. The Hall–Kier alpha value is -2.16. The van der Waals surface area contributed by atoms with Gasteiger partial charge in [0, 0.05) is 24.7 Å². The molecule has 2 aromatic carbocycles. The van der Waals surface area contributed by atoms with Crippen LogP contribution in [0, 0.1) is 13.8 Å². The molecule has 3 rings (SSSR count). The number of ether oxygens (including phenoxy) is 2. The van der Waals surface area contributed by atoms with Crippen LogP contribution in [-0.2, 0) is 6.54 Å². The third-order valence-electron chi connectivity index (χ3n) is 3.95. The lowest BCUT2D eigenvalue weighted by molar-refractivity contribution is 0.297. The first-order valence-corrected chi connectivity index (χ1v) is 7.42. The number of nitrogens with one attached hydrogen (secondary N) is 1. The fourth-order valence-electron chi connectivity index (χ4n) is 2.47. The number of hydrogen-bond donors (Lipinski definition) is 1. The van der Waals surface area contributed by atoms with Crippen LogP contribution in [0.3, 0.4) is 0 Å². The highest BCUT2D eigenvalue weighted by Gasteiger charge is 2.10. The van der Waals surface area contributed by atoms with E-state index in [-0.39, 0.29) is 0 Å². The van der Waals surface area contributed by atoms with Crippen LogP contribution in [0.2, 0.25) is 0 Å². The van der Waals surface area contributed by atoms with Crippen molar-refractivity contribution in [2.45, 2.75) is 26.8 Å². The minimum atomic E-state index is 0.716. The van der Waals surface area contributed by atoms with Crippen molar-refractivity contribution in [1.29, 1.82) is 0 Å². The second-order valence-corrected chi connectivity index (χ2v) is 5.42. The van der Waals surface area contributed by atoms with Crippen LogP contribution in [-0.4, -0.2) is 13.2 Å². The molecule has 21 heavy (non-hydrogen) atoms. The topological polar surface area (TPSA) is 30.5 Å². The zero-order valence-corrected chi connectivity index (χ0v) is 12.6. The lowest BCUT2D eigenvalue weighted by Crippen LogP contribution is -2.02. The number of aryl methyl sites for hydroxylation is 1. The third-order valence-corrected chi connectivity index (χ3v) is 3.95. The van der Waals surface area contributed by atoms with Crippen LogP contribution in [0.15, 0.2) is 36.4 Å². The summed E-state index contributed by atoms with van der Waals surface area (Å²) in [5.74, 6) is 1.67. The summed E-state index contributed by atoms with van der Waals surface area (Å²) in [6, 6.07) is 12.5. The highest BCUT2D eigenvalue weighted by Crippen LogP contribution is 2.32. The van der Waals surface area contributed by atoms with Crippen molar-refractivity contribution >= 4 is 5.69 Å². The van der Waals surface area contributed by atoms with Gasteiger partial charge in [-0.3, -0.25) is 0 Å². The summed E-state index contributed by atoms with van der Waals surface area (Å²) < 4.78 is 11.4. The molecule has 0 atom stereocenters. The summed E-state index contributed by atoms with van der Waals surface area (Å²) in [4.78, 5) is 0. The van der Waals surface area contributed by atoms with Gasteiger partial charge in [-0.05, 0) is 42.7 Å². The van der Waals surface area contributed by atoms with E-state index in [0.717, 1.165) is 36.8 Å². The maximum Gasteiger partial charge on any atom is 0.163 e. The van der Waals surface area contributed by atoms with Gasteiger partial charge in [0.15, 0.2) is 11.5 Å². The molecular weight excluding hydrogens is 262 g/mol. The van der Waals surface area contributed by atoms with E-state index in [2.05, 4.69) is 37.4 Å². The normalized spacial score (nSPS) is 13.6. The van der Waals surface area contributed by atoms with Crippen molar-refractivity contribution in [3.8, 4) is 11.5 Å². The maximum atomic E-state index is 5.72. The molecule has 0 saturated heterocycles. The van der Waals surface area contributed by atoms with E-state index in [4.69, 9.17) is 9.47 Å². The van der Waals surface area contributed by atoms with Crippen molar-refractivity contribution in [2.24, 2.45) is 0 Å². The van der Waals surface area contributed by atoms with E-state index in [0.29, 0.717) is 6.61 Å². The number of rotatable bonds is 3. The van der Waals surface area contributed by atoms with E-state index in [9.17, 15) is 0 Å². The van der Waals surface area contributed by atoms with Gasteiger partial charge in [0.25, 0.3) is 0 Å². The summed E-state index contributed by atoms with van der Waals surface area (Å²) in [5.41, 5.74) is 5.05. The lowest BCUT2D eigenvalue weighted by Gasteiger charge is -2.13. The molecule has 0 fully saturated rings. The van der Waals surface area contributed by atoms with E-state index in [1.54, 1.807) is 0 Å². The predicted octanol–water partition coefficient (Wildman–Crippen LogP) is 4.08. The molecule has 3 nitrogen and oxygen atoms in total. The molecule has 0 spiro atoms. The van der Waals surface area contributed by atoms with E-state index >= 15 is 0 Å². The fraction of sp³-hybridized carbons (Fsp3) is 0.333. The Labute approximate surface area is 125 Å². The molecule has 0 aliphatic carbocycles. The zero-order chi connectivity index (χ0) is 14.7. The van der Waals surface area contributed by atoms with E-state index in [1.165, 1.54) is 16.7 Å². The largest absolute Gasteiger partial charge is 0.490 e. The molecule has 0 radical (unpaired) electrons. The Morgan fingerprint density at radius 1 is 1.00 bits per heavy atom. The van der Waals surface area contributed by atoms with Gasteiger partial charge in [-0.2, -0.15) is 0 Å². The molecule has 0 unspecified atom stereocenters. The van der Waals surface area contributed by atoms with Gasteiger partial charge >= 0.3 is 0 Å². The summed E-state index contributed by atoms with van der Waals surface area (Å²) in [5, 5.41) is 3.46. The van der Waals surface area contributed by atoms with Crippen LogP contribution in [0.1, 0.15) is 23.1 Å². The molecule has 1 aliphatic rings. The number of hydrogen-bond acceptors (Lipinski definition) is 3. The van der Waals surface area contributed by atoms with Crippen LogP contribution in [0.5, 0.6) is 11.5 Å². The SMILES string of the molecule is Cc1cccc(CNc2ccc3c(c2)OCCCO3)c1C. The smallest absolute Gasteiger partial charge is 0.163 e. The highest BCUT2D eigenvalue weighted by atomic mass is 16.5. The molecule has 110 valence electrons. The average molecular weight is 283 g/mol. The maximum absolute atomic E-state index is 5.72. The fourth-order valence-corrected chi connectivity index (χ4v) is 2.47. The molecule has 1 heterocycles. The average Bonchev–Trinajstić information content (AvgIpc) is 2.73. The summed E-state index contributed by atoms with van der Waals surface area (Å²) in [7, 11) is 0. The van der Waals surface area contributed by atoms with Crippen LogP contribution in [0.4, 0.5) is 5.69 Å². The van der Waals surface area contributed by atoms with Crippen molar-refractivity contribution < 1.29 is 9.47 Å². The number of anilines is 1. The molecule has 0 bridgehead atoms. The van der Waals surface area contributed by atoms with Crippen LogP contribution < -0.4 is 14.8 Å². The van der Waals surface area contributed by atoms with Crippen LogP contribution >= 0.6 is 0 Å². The first kappa shape index (κ1) is 13.8. The molecule has 0 amide bonds. The van der Waals surface area contributed by atoms with Gasteiger partial charge in [0.05, 0.1) is 13.2 Å². The standard InChI is InChI=1S/C18H21NO2/c1-13-5-3-6-15(14(13)2)12-19-16-7-8-17-18(11-16)21-10-4-9-20-17/h3,5-8,11,19H,4,9-10,12H2,1-2H3. The molecule has 1 aliphatic heterocycles.